The minimum Gasteiger partial charge on any atom is -0.382 e. The molecule has 0 spiro atoms. The molecule has 0 aliphatic heterocycles. The van der Waals surface area contributed by atoms with Gasteiger partial charge in [0.1, 0.15) is 5.69 Å². The van der Waals surface area contributed by atoms with E-state index in [0.717, 1.165) is 6.42 Å². The molecule has 0 saturated carbocycles. The summed E-state index contributed by atoms with van der Waals surface area (Å²) in [5.41, 5.74) is 5.22. The number of hydrogen-bond acceptors (Lipinski definition) is 2. The second kappa shape index (κ2) is 4.27. The van der Waals surface area contributed by atoms with E-state index < -0.39 is 11.9 Å². The molecule has 20 heavy (non-hydrogen) atoms. The molecule has 112 valence electrons. The molecule has 0 radical (unpaired) electrons. The Labute approximate surface area is 116 Å². The molecule has 1 aromatic rings. The van der Waals surface area contributed by atoms with Crippen LogP contribution in [0.5, 0.6) is 0 Å². The Hall–Kier alpha value is -1.46. The van der Waals surface area contributed by atoms with Crippen LogP contribution in [0.25, 0.3) is 5.57 Å². The smallest absolute Gasteiger partial charge is 0.382 e. The van der Waals surface area contributed by atoms with Crippen LogP contribution < -0.4 is 5.73 Å². The zero-order chi connectivity index (χ0) is 15.3. The van der Waals surface area contributed by atoms with Gasteiger partial charge in [-0.25, -0.2) is 0 Å². The maximum absolute atomic E-state index is 13.0. The Bertz CT molecular complexity index is 551. The lowest BCUT2D eigenvalue weighted by Gasteiger charge is -2.39. The summed E-state index contributed by atoms with van der Waals surface area (Å²) in [7, 11) is 0. The number of aromatic amines is 1. The lowest BCUT2D eigenvalue weighted by molar-refractivity contribution is -0.141. The molecule has 0 amide bonds. The first-order valence-corrected chi connectivity index (χ1v) is 6.54. The number of nitrogens with one attached hydrogen (secondary N) is 1. The number of alkyl halides is 3. The minimum atomic E-state index is -4.48. The van der Waals surface area contributed by atoms with Crippen LogP contribution in [0.15, 0.2) is 6.08 Å². The van der Waals surface area contributed by atoms with Crippen LogP contribution in [-0.4, -0.2) is 10.2 Å². The first kappa shape index (κ1) is 14.9. The molecule has 3 nitrogen and oxygen atoms in total. The van der Waals surface area contributed by atoms with E-state index in [1.807, 2.05) is 25.0 Å². The highest BCUT2D eigenvalue weighted by Gasteiger charge is 2.41. The van der Waals surface area contributed by atoms with Crippen molar-refractivity contribution in [2.24, 2.45) is 10.8 Å². The molecule has 3 N–H and O–H groups in total. The van der Waals surface area contributed by atoms with Gasteiger partial charge in [-0.3, -0.25) is 5.10 Å². The first-order chi connectivity index (χ1) is 8.91. The number of nitrogens with zero attached hydrogens (tertiary/aromatic N) is 1. The summed E-state index contributed by atoms with van der Waals surface area (Å²) in [5.74, 6) is -0.0860. The molecule has 1 aliphatic rings. The predicted molar refractivity (Wildman–Crippen MR) is 72.8 cm³/mol. The number of halogens is 3. The standard InChI is InChI=1S/C14H20F3N3/c1-12(2)5-8(6-13(3,4)7-12)9-10(14(15,16)17)19-20-11(9)18/h5H,6-7H2,1-4H3,(H3,18,19,20). The van der Waals surface area contributed by atoms with Gasteiger partial charge < -0.3 is 5.73 Å². The Morgan fingerprint density at radius 3 is 2.35 bits per heavy atom. The first-order valence-electron chi connectivity index (χ1n) is 6.54. The molecule has 1 aromatic heterocycles. The quantitative estimate of drug-likeness (QED) is 0.811. The molecule has 0 aromatic carbocycles. The van der Waals surface area contributed by atoms with Crippen molar-refractivity contribution in [3.8, 4) is 0 Å². The van der Waals surface area contributed by atoms with Crippen molar-refractivity contribution in [2.75, 3.05) is 5.73 Å². The number of rotatable bonds is 1. The molecule has 0 bridgehead atoms. The molecule has 0 fully saturated rings. The molecular formula is C14H20F3N3. The number of nitrogens with two attached hydrogens (primary N) is 1. The number of H-pyrrole nitrogens is 1. The second-order valence-corrected chi connectivity index (χ2v) is 7.03. The SMILES string of the molecule is CC1(C)C=C(c2c(N)n[nH]c2C(F)(F)F)CC(C)(C)C1. The summed E-state index contributed by atoms with van der Waals surface area (Å²) in [6.45, 7) is 8.17. The van der Waals surface area contributed by atoms with Crippen molar-refractivity contribution in [3.05, 3.63) is 17.3 Å². The molecule has 1 heterocycles. The largest absolute Gasteiger partial charge is 0.433 e. The van der Waals surface area contributed by atoms with Crippen LogP contribution in [0.2, 0.25) is 0 Å². The molecule has 0 saturated heterocycles. The second-order valence-electron chi connectivity index (χ2n) is 7.03. The zero-order valence-corrected chi connectivity index (χ0v) is 12.2. The van der Waals surface area contributed by atoms with Gasteiger partial charge in [0.25, 0.3) is 0 Å². The van der Waals surface area contributed by atoms with Gasteiger partial charge in [0.05, 0.1) is 5.56 Å². The monoisotopic (exact) mass is 287 g/mol. The predicted octanol–water partition coefficient (Wildman–Crippen LogP) is 4.24. The van der Waals surface area contributed by atoms with E-state index in [1.54, 1.807) is 0 Å². The normalized spacial score (nSPS) is 21.6. The van der Waals surface area contributed by atoms with Gasteiger partial charge in [0.15, 0.2) is 5.82 Å². The average Bonchev–Trinajstić information content (AvgIpc) is 2.54. The summed E-state index contributed by atoms with van der Waals surface area (Å²) < 4.78 is 39.1. The third-order valence-electron chi connectivity index (χ3n) is 3.57. The third-order valence-corrected chi connectivity index (χ3v) is 3.57. The molecular weight excluding hydrogens is 267 g/mol. The Morgan fingerprint density at radius 1 is 1.25 bits per heavy atom. The summed E-state index contributed by atoms with van der Waals surface area (Å²) in [6, 6.07) is 0. The lowest BCUT2D eigenvalue weighted by Crippen LogP contribution is -2.27. The van der Waals surface area contributed by atoms with Gasteiger partial charge in [0, 0.05) is 0 Å². The van der Waals surface area contributed by atoms with Gasteiger partial charge in [0.2, 0.25) is 0 Å². The van der Waals surface area contributed by atoms with Gasteiger partial charge >= 0.3 is 6.18 Å². The van der Waals surface area contributed by atoms with Gasteiger partial charge in [-0.1, -0.05) is 33.8 Å². The van der Waals surface area contributed by atoms with Crippen LogP contribution >= 0.6 is 0 Å². The highest BCUT2D eigenvalue weighted by atomic mass is 19.4. The van der Waals surface area contributed by atoms with Gasteiger partial charge in [-0.15, -0.1) is 0 Å². The Morgan fingerprint density at radius 2 is 1.85 bits per heavy atom. The van der Waals surface area contributed by atoms with Crippen molar-refractivity contribution in [2.45, 2.75) is 46.7 Å². The Balaban J connectivity index is 2.57. The summed E-state index contributed by atoms with van der Waals surface area (Å²) in [6.07, 6.45) is -1.10. The summed E-state index contributed by atoms with van der Waals surface area (Å²) >= 11 is 0. The summed E-state index contributed by atoms with van der Waals surface area (Å²) in [4.78, 5) is 0. The van der Waals surface area contributed by atoms with Gasteiger partial charge in [-0.05, 0) is 29.2 Å². The van der Waals surface area contributed by atoms with Crippen LogP contribution in [0.4, 0.5) is 19.0 Å². The number of hydrogen-bond donors (Lipinski definition) is 2. The van der Waals surface area contributed by atoms with Crippen LogP contribution in [0.1, 0.15) is 51.8 Å². The van der Waals surface area contributed by atoms with Crippen molar-refractivity contribution >= 4 is 11.4 Å². The maximum atomic E-state index is 13.0. The van der Waals surface area contributed by atoms with E-state index in [4.69, 9.17) is 5.73 Å². The molecule has 0 atom stereocenters. The number of anilines is 1. The number of aromatic nitrogens is 2. The fourth-order valence-corrected chi connectivity index (χ4v) is 3.43. The topological polar surface area (TPSA) is 54.7 Å². The fourth-order valence-electron chi connectivity index (χ4n) is 3.43. The zero-order valence-electron chi connectivity index (χ0n) is 12.2. The van der Waals surface area contributed by atoms with E-state index in [9.17, 15) is 13.2 Å². The van der Waals surface area contributed by atoms with E-state index in [1.165, 1.54) is 0 Å². The number of allylic oxidation sites excluding steroid dienone is 2. The van der Waals surface area contributed by atoms with E-state index >= 15 is 0 Å². The van der Waals surface area contributed by atoms with E-state index in [0.29, 0.717) is 12.0 Å². The molecule has 0 unspecified atom stereocenters. The molecule has 2 rings (SSSR count). The van der Waals surface area contributed by atoms with Crippen molar-refractivity contribution in [3.63, 3.8) is 0 Å². The highest BCUT2D eigenvalue weighted by molar-refractivity contribution is 5.76. The highest BCUT2D eigenvalue weighted by Crippen LogP contribution is 2.49. The van der Waals surface area contributed by atoms with Gasteiger partial charge in [-0.2, -0.15) is 18.3 Å². The van der Waals surface area contributed by atoms with E-state index in [2.05, 4.69) is 18.9 Å². The van der Waals surface area contributed by atoms with Crippen LogP contribution in [-0.2, 0) is 6.18 Å². The van der Waals surface area contributed by atoms with Crippen molar-refractivity contribution < 1.29 is 13.2 Å². The minimum absolute atomic E-state index is 0.0124. The lowest BCUT2D eigenvalue weighted by atomic mass is 9.66. The fraction of sp³-hybridized carbons (Fsp3) is 0.643. The van der Waals surface area contributed by atoms with Crippen molar-refractivity contribution in [1.29, 1.82) is 0 Å². The van der Waals surface area contributed by atoms with Crippen LogP contribution in [0, 0.1) is 10.8 Å². The number of nitrogen functional groups attached to an aromatic ring is 1. The maximum Gasteiger partial charge on any atom is 0.433 e. The molecule has 1 aliphatic carbocycles. The Kier molecular flexibility index (Phi) is 3.19. The average molecular weight is 287 g/mol. The van der Waals surface area contributed by atoms with Crippen LogP contribution in [0.3, 0.4) is 0 Å². The summed E-state index contributed by atoms with van der Waals surface area (Å²) in [5, 5.41) is 5.57. The van der Waals surface area contributed by atoms with Crippen molar-refractivity contribution in [1.82, 2.24) is 10.2 Å². The molecule has 6 heteroatoms. The van der Waals surface area contributed by atoms with E-state index in [-0.39, 0.29) is 22.2 Å². The third kappa shape index (κ3) is 2.83.